The van der Waals surface area contributed by atoms with E-state index in [0.717, 1.165) is 17.7 Å². The Morgan fingerprint density at radius 2 is 1.90 bits per heavy atom. The molecule has 1 amide bonds. The first kappa shape index (κ1) is 21.5. The summed E-state index contributed by atoms with van der Waals surface area (Å²) in [6.45, 7) is 3.44. The number of carbonyl (C=O) groups excluding carboxylic acids is 2. The number of rotatable bonds is 3. The average Bonchev–Trinajstić information content (AvgIpc) is 3.24. The van der Waals surface area contributed by atoms with Gasteiger partial charge in [-0.1, -0.05) is 29.8 Å². The molecule has 164 valence electrons. The van der Waals surface area contributed by atoms with Gasteiger partial charge in [-0.05, 0) is 38.1 Å². The van der Waals surface area contributed by atoms with Gasteiger partial charge in [0, 0.05) is 18.5 Å². The summed E-state index contributed by atoms with van der Waals surface area (Å²) < 4.78 is 50.7. The molecule has 2 heterocycles. The summed E-state index contributed by atoms with van der Waals surface area (Å²) >= 11 is 5.65. The molecule has 2 aromatic rings. The lowest BCUT2D eigenvalue weighted by Gasteiger charge is -2.31. The van der Waals surface area contributed by atoms with Gasteiger partial charge < -0.3 is 14.4 Å². The van der Waals surface area contributed by atoms with Gasteiger partial charge in [-0.3, -0.25) is 4.79 Å². The highest BCUT2D eigenvalue weighted by atomic mass is 35.5. The van der Waals surface area contributed by atoms with Crippen molar-refractivity contribution >= 4 is 23.5 Å². The molecule has 2 aliphatic heterocycles. The zero-order valence-electron chi connectivity index (χ0n) is 16.8. The van der Waals surface area contributed by atoms with Crippen LogP contribution in [0.5, 0.6) is 5.75 Å². The highest BCUT2D eigenvalue weighted by Gasteiger charge is 2.52. The largest absolute Gasteiger partial charge is 0.478 e. The first-order valence-electron chi connectivity index (χ1n) is 9.61. The van der Waals surface area contributed by atoms with Gasteiger partial charge >= 0.3 is 12.1 Å². The molecule has 0 aliphatic carbocycles. The van der Waals surface area contributed by atoms with E-state index in [1.54, 1.807) is 18.2 Å². The summed E-state index contributed by atoms with van der Waals surface area (Å²) in [5.74, 6) is -0.976. The molecule has 0 unspecified atom stereocenters. The number of benzene rings is 2. The number of halogens is 4. The van der Waals surface area contributed by atoms with Crippen LogP contribution in [0.4, 0.5) is 13.2 Å². The van der Waals surface area contributed by atoms with Crippen LogP contribution >= 0.6 is 11.6 Å². The van der Waals surface area contributed by atoms with Gasteiger partial charge in [-0.2, -0.15) is 13.2 Å². The molecule has 1 fully saturated rings. The number of fused-ring (bicyclic) bond motifs is 2. The van der Waals surface area contributed by atoms with Crippen LogP contribution in [0.1, 0.15) is 41.8 Å². The van der Waals surface area contributed by atoms with Gasteiger partial charge in [0.25, 0.3) is 5.91 Å². The van der Waals surface area contributed by atoms with Crippen molar-refractivity contribution < 1.29 is 32.2 Å². The van der Waals surface area contributed by atoms with Gasteiger partial charge in [0.05, 0.1) is 22.7 Å². The van der Waals surface area contributed by atoms with Crippen LogP contribution in [0, 0.1) is 0 Å². The quantitative estimate of drug-likeness (QED) is 0.626. The number of carbonyl (C=O) groups is 2. The fraction of sp³-hybridized carbons (Fsp3) is 0.364. The lowest BCUT2D eigenvalue weighted by atomic mass is 9.91. The molecule has 1 saturated heterocycles. The van der Waals surface area contributed by atoms with Crippen LogP contribution in [0.15, 0.2) is 42.5 Å². The van der Waals surface area contributed by atoms with Gasteiger partial charge in [-0.25, -0.2) is 4.79 Å². The second-order valence-corrected chi connectivity index (χ2v) is 8.57. The lowest BCUT2D eigenvalue weighted by Crippen LogP contribution is -2.49. The standard InChI is InChI=1S/C22H19ClF3NO4/c1-20(2,30-13-7-8-17(23)16(11-13)22(24,25)26)19(29)27-10-9-21(12-27)15-6-4-3-5-14(15)18(28)31-21/h3-8,11H,9-10,12H2,1-2H3/t21-/m0/s1. The Kier molecular flexibility index (Phi) is 4.96. The van der Waals surface area contributed by atoms with Gasteiger partial charge in [0.2, 0.25) is 0 Å². The molecule has 2 aliphatic rings. The van der Waals surface area contributed by atoms with E-state index in [0.29, 0.717) is 18.5 Å². The van der Waals surface area contributed by atoms with Gasteiger partial charge in [0.1, 0.15) is 5.75 Å². The molecule has 2 aromatic carbocycles. The zero-order valence-corrected chi connectivity index (χ0v) is 17.5. The van der Waals surface area contributed by atoms with Crippen molar-refractivity contribution in [3.8, 4) is 5.75 Å². The number of ether oxygens (including phenoxy) is 2. The number of hydrogen-bond donors (Lipinski definition) is 0. The van der Waals surface area contributed by atoms with E-state index in [9.17, 15) is 22.8 Å². The second kappa shape index (κ2) is 7.15. The maximum atomic E-state index is 13.2. The van der Waals surface area contributed by atoms with Crippen molar-refractivity contribution in [3.05, 3.63) is 64.2 Å². The Hall–Kier alpha value is -2.74. The highest BCUT2D eigenvalue weighted by Crippen LogP contribution is 2.44. The van der Waals surface area contributed by atoms with E-state index in [-0.39, 0.29) is 12.3 Å². The molecule has 0 radical (unpaired) electrons. The number of hydrogen-bond acceptors (Lipinski definition) is 4. The Morgan fingerprint density at radius 3 is 2.61 bits per heavy atom. The number of alkyl halides is 3. The fourth-order valence-electron chi connectivity index (χ4n) is 4.11. The highest BCUT2D eigenvalue weighted by molar-refractivity contribution is 6.31. The molecular formula is C22H19ClF3NO4. The average molecular weight is 454 g/mol. The van der Waals surface area contributed by atoms with Crippen LogP contribution in [0.2, 0.25) is 5.02 Å². The Labute approximate surface area is 181 Å². The third-order valence-corrected chi connectivity index (χ3v) is 5.91. The first-order valence-corrected chi connectivity index (χ1v) is 9.99. The monoisotopic (exact) mass is 453 g/mol. The molecular weight excluding hydrogens is 435 g/mol. The summed E-state index contributed by atoms with van der Waals surface area (Å²) in [5.41, 5.74) is -2.19. The number of amides is 1. The van der Waals surface area contributed by atoms with E-state index in [1.807, 2.05) is 6.07 Å². The van der Waals surface area contributed by atoms with Crippen molar-refractivity contribution in [3.63, 3.8) is 0 Å². The minimum atomic E-state index is -4.65. The van der Waals surface area contributed by atoms with Crippen molar-refractivity contribution in [2.75, 3.05) is 13.1 Å². The van der Waals surface area contributed by atoms with E-state index in [4.69, 9.17) is 21.1 Å². The third kappa shape index (κ3) is 3.73. The molecule has 5 nitrogen and oxygen atoms in total. The molecule has 0 N–H and O–H groups in total. The summed E-state index contributed by atoms with van der Waals surface area (Å²) in [4.78, 5) is 26.9. The molecule has 0 saturated carbocycles. The van der Waals surface area contributed by atoms with E-state index < -0.39 is 39.8 Å². The van der Waals surface area contributed by atoms with E-state index in [1.165, 1.54) is 24.8 Å². The minimum Gasteiger partial charge on any atom is -0.478 e. The van der Waals surface area contributed by atoms with E-state index >= 15 is 0 Å². The second-order valence-electron chi connectivity index (χ2n) is 8.16. The molecule has 1 atom stereocenters. The van der Waals surface area contributed by atoms with Crippen molar-refractivity contribution in [2.45, 2.75) is 37.6 Å². The van der Waals surface area contributed by atoms with Crippen molar-refractivity contribution in [1.29, 1.82) is 0 Å². The number of nitrogens with zero attached hydrogens (tertiary/aromatic N) is 1. The number of esters is 1. The molecule has 4 rings (SSSR count). The van der Waals surface area contributed by atoms with Crippen LogP contribution in [0.25, 0.3) is 0 Å². The van der Waals surface area contributed by atoms with E-state index in [2.05, 4.69) is 0 Å². The fourth-order valence-corrected chi connectivity index (χ4v) is 4.33. The molecule has 0 aromatic heterocycles. The SMILES string of the molecule is CC(C)(Oc1ccc(Cl)c(C(F)(F)F)c1)C(=O)N1CC[C@@]2(C1)OC(=O)c1ccccc12. The van der Waals surface area contributed by atoms with Crippen LogP contribution in [-0.4, -0.2) is 35.5 Å². The smallest absolute Gasteiger partial charge is 0.417 e. The van der Waals surface area contributed by atoms with Crippen molar-refractivity contribution in [1.82, 2.24) is 4.90 Å². The van der Waals surface area contributed by atoms with Crippen LogP contribution < -0.4 is 4.74 Å². The van der Waals surface area contributed by atoms with Crippen LogP contribution in [0.3, 0.4) is 0 Å². The zero-order chi connectivity index (χ0) is 22.6. The maximum absolute atomic E-state index is 13.2. The topological polar surface area (TPSA) is 55.8 Å². The minimum absolute atomic E-state index is 0.123. The lowest BCUT2D eigenvalue weighted by molar-refractivity contribution is -0.145. The van der Waals surface area contributed by atoms with Gasteiger partial charge in [-0.15, -0.1) is 0 Å². The molecule has 9 heteroatoms. The summed E-state index contributed by atoms with van der Waals surface area (Å²) in [7, 11) is 0. The van der Waals surface area contributed by atoms with Crippen molar-refractivity contribution in [2.24, 2.45) is 0 Å². The number of likely N-dealkylation sites (tertiary alicyclic amines) is 1. The Morgan fingerprint density at radius 1 is 1.19 bits per heavy atom. The molecule has 31 heavy (non-hydrogen) atoms. The predicted molar refractivity (Wildman–Crippen MR) is 106 cm³/mol. The summed E-state index contributed by atoms with van der Waals surface area (Å²) in [6, 6.07) is 10.2. The molecule has 0 bridgehead atoms. The Balaban J connectivity index is 1.53. The van der Waals surface area contributed by atoms with Crippen LogP contribution in [-0.2, 0) is 21.3 Å². The predicted octanol–water partition coefficient (Wildman–Crippen LogP) is 4.81. The van der Waals surface area contributed by atoms with Gasteiger partial charge in [0.15, 0.2) is 11.2 Å². The summed E-state index contributed by atoms with van der Waals surface area (Å²) in [6.07, 6.45) is -4.22. The first-order chi connectivity index (χ1) is 14.4. The molecule has 1 spiro atoms. The normalized spacial score (nSPS) is 20.7. The summed E-state index contributed by atoms with van der Waals surface area (Å²) in [5, 5.41) is -0.452. The maximum Gasteiger partial charge on any atom is 0.417 e. The third-order valence-electron chi connectivity index (χ3n) is 5.58. The Bertz CT molecular complexity index is 1070.